The Kier molecular flexibility index (Phi) is 8.05. The van der Waals surface area contributed by atoms with Gasteiger partial charge in [-0.15, -0.1) is 0 Å². The monoisotopic (exact) mass is 382 g/mol. The van der Waals surface area contributed by atoms with Gasteiger partial charge in [0, 0.05) is 5.69 Å². The van der Waals surface area contributed by atoms with E-state index in [9.17, 15) is 4.79 Å². The molecule has 0 radical (unpaired) electrons. The van der Waals surface area contributed by atoms with Gasteiger partial charge in [-0.05, 0) is 59.7 Å². The molecule has 0 aliphatic heterocycles. The Morgan fingerprint density at radius 3 is 2.18 bits per heavy atom. The number of anilines is 1. The van der Waals surface area contributed by atoms with E-state index < -0.39 is 0 Å². The minimum absolute atomic E-state index is 0.141. The van der Waals surface area contributed by atoms with Gasteiger partial charge in [0.25, 0.3) is 5.91 Å². The van der Waals surface area contributed by atoms with Crippen LogP contribution in [0.5, 0.6) is 5.75 Å². The summed E-state index contributed by atoms with van der Waals surface area (Å²) in [5, 5.41) is 6.89. The second kappa shape index (κ2) is 10.5. The third-order valence-electron chi connectivity index (χ3n) is 4.30. The molecule has 1 amide bonds. The Morgan fingerprint density at radius 1 is 1.04 bits per heavy atom. The van der Waals surface area contributed by atoms with Crippen LogP contribution in [-0.2, 0) is 9.63 Å². The van der Waals surface area contributed by atoms with E-state index in [1.54, 1.807) is 6.21 Å². The second-order valence-corrected chi connectivity index (χ2v) is 7.18. The van der Waals surface area contributed by atoms with Crippen molar-refractivity contribution in [3.63, 3.8) is 0 Å². The van der Waals surface area contributed by atoms with Gasteiger partial charge in [0.1, 0.15) is 5.75 Å². The van der Waals surface area contributed by atoms with E-state index in [4.69, 9.17) is 9.57 Å². The van der Waals surface area contributed by atoms with Gasteiger partial charge in [-0.3, -0.25) is 4.79 Å². The van der Waals surface area contributed by atoms with E-state index >= 15 is 0 Å². The molecular formula is C23H30N2O3. The summed E-state index contributed by atoms with van der Waals surface area (Å²) in [6.45, 7) is 10.9. The lowest BCUT2D eigenvalue weighted by Crippen LogP contribution is -2.19. The van der Waals surface area contributed by atoms with Crippen LogP contribution in [0, 0.1) is 0 Å². The van der Waals surface area contributed by atoms with E-state index in [0.29, 0.717) is 18.4 Å². The molecule has 2 aromatic rings. The van der Waals surface area contributed by atoms with Gasteiger partial charge in [-0.1, -0.05) is 51.0 Å². The molecule has 150 valence electrons. The SMILES string of the molecule is CCOc1ccc(/C=N/OCC(=O)Nc2c(C(C)C)cccc2C(C)C)cc1. The van der Waals surface area contributed by atoms with E-state index in [0.717, 1.165) is 28.1 Å². The maximum Gasteiger partial charge on any atom is 0.265 e. The Labute approximate surface area is 167 Å². The molecule has 0 spiro atoms. The largest absolute Gasteiger partial charge is 0.494 e. The van der Waals surface area contributed by atoms with Gasteiger partial charge >= 0.3 is 0 Å². The van der Waals surface area contributed by atoms with Crippen molar-refractivity contribution in [1.29, 1.82) is 0 Å². The predicted molar refractivity (Wildman–Crippen MR) is 114 cm³/mol. The Bertz CT molecular complexity index is 770. The first-order valence-electron chi connectivity index (χ1n) is 9.73. The Hall–Kier alpha value is -2.82. The average molecular weight is 383 g/mol. The standard InChI is InChI=1S/C23H30N2O3/c1-6-27-19-12-10-18(11-13-19)14-24-28-15-22(26)25-23-20(16(2)3)8-7-9-21(23)17(4)5/h7-14,16-17H,6,15H2,1-5H3,(H,25,26)/b24-14+. The van der Waals surface area contributed by atoms with Crippen molar-refractivity contribution in [2.45, 2.75) is 46.5 Å². The third kappa shape index (κ3) is 6.12. The van der Waals surface area contributed by atoms with Crippen LogP contribution in [-0.4, -0.2) is 25.3 Å². The van der Waals surface area contributed by atoms with E-state index in [-0.39, 0.29) is 12.5 Å². The van der Waals surface area contributed by atoms with Gasteiger partial charge in [-0.25, -0.2) is 0 Å². The maximum atomic E-state index is 12.4. The molecule has 0 aliphatic rings. The van der Waals surface area contributed by atoms with Crippen LogP contribution >= 0.6 is 0 Å². The zero-order valence-corrected chi connectivity index (χ0v) is 17.4. The molecule has 0 bridgehead atoms. The highest BCUT2D eigenvalue weighted by atomic mass is 16.6. The van der Waals surface area contributed by atoms with Crippen molar-refractivity contribution in [3.8, 4) is 5.75 Å². The second-order valence-electron chi connectivity index (χ2n) is 7.18. The summed E-state index contributed by atoms with van der Waals surface area (Å²) in [5.74, 6) is 1.21. The molecule has 0 aliphatic carbocycles. The van der Waals surface area contributed by atoms with E-state index in [2.05, 4.69) is 50.3 Å². The van der Waals surface area contributed by atoms with Gasteiger partial charge in [-0.2, -0.15) is 0 Å². The summed E-state index contributed by atoms with van der Waals surface area (Å²) < 4.78 is 5.40. The van der Waals surface area contributed by atoms with E-state index in [1.165, 1.54) is 0 Å². The van der Waals surface area contributed by atoms with Crippen molar-refractivity contribution >= 4 is 17.8 Å². The lowest BCUT2D eigenvalue weighted by atomic mass is 9.92. The lowest BCUT2D eigenvalue weighted by Gasteiger charge is -2.19. The number of nitrogens with one attached hydrogen (secondary N) is 1. The fourth-order valence-corrected chi connectivity index (χ4v) is 2.88. The van der Waals surface area contributed by atoms with Gasteiger partial charge in [0.15, 0.2) is 6.61 Å². The number of oxime groups is 1. The molecule has 0 unspecified atom stereocenters. The number of para-hydroxylation sites is 1. The molecule has 5 nitrogen and oxygen atoms in total. The van der Waals surface area contributed by atoms with Crippen molar-refractivity contribution in [2.24, 2.45) is 5.16 Å². The normalized spacial score (nSPS) is 11.2. The molecule has 0 heterocycles. The minimum Gasteiger partial charge on any atom is -0.494 e. The molecule has 0 aromatic heterocycles. The van der Waals surface area contributed by atoms with Crippen molar-refractivity contribution in [3.05, 3.63) is 59.2 Å². The van der Waals surface area contributed by atoms with Crippen LogP contribution in [0.25, 0.3) is 0 Å². The topological polar surface area (TPSA) is 59.9 Å². The summed E-state index contributed by atoms with van der Waals surface area (Å²) in [6, 6.07) is 13.6. The molecule has 1 N–H and O–H groups in total. The number of amides is 1. The predicted octanol–water partition coefficient (Wildman–Crippen LogP) is 5.32. The number of hydrogen-bond donors (Lipinski definition) is 1. The van der Waals surface area contributed by atoms with Gasteiger partial charge < -0.3 is 14.9 Å². The molecule has 0 saturated carbocycles. The zero-order chi connectivity index (χ0) is 20.5. The number of hydrogen-bond acceptors (Lipinski definition) is 4. The first kappa shape index (κ1) is 21.5. The average Bonchev–Trinajstić information content (AvgIpc) is 2.66. The van der Waals surface area contributed by atoms with Gasteiger partial charge in [0.05, 0.1) is 12.8 Å². The molecule has 2 aromatic carbocycles. The number of carbonyl (C=O) groups excluding carboxylic acids is 1. The Balaban J connectivity index is 1.95. The highest BCUT2D eigenvalue weighted by Gasteiger charge is 2.16. The van der Waals surface area contributed by atoms with Crippen molar-refractivity contribution in [1.82, 2.24) is 0 Å². The lowest BCUT2D eigenvalue weighted by molar-refractivity contribution is -0.120. The highest BCUT2D eigenvalue weighted by molar-refractivity contribution is 5.93. The summed E-state index contributed by atoms with van der Waals surface area (Å²) in [5.41, 5.74) is 4.00. The quantitative estimate of drug-likeness (QED) is 0.471. The summed E-state index contributed by atoms with van der Waals surface area (Å²) in [7, 11) is 0. The third-order valence-corrected chi connectivity index (χ3v) is 4.30. The fraction of sp³-hybridized carbons (Fsp3) is 0.391. The van der Waals surface area contributed by atoms with Gasteiger partial charge in [0.2, 0.25) is 0 Å². The summed E-state index contributed by atoms with van der Waals surface area (Å²) in [6.07, 6.45) is 1.57. The van der Waals surface area contributed by atoms with Crippen LogP contribution in [0.3, 0.4) is 0 Å². The van der Waals surface area contributed by atoms with E-state index in [1.807, 2.05) is 37.3 Å². The number of rotatable bonds is 9. The van der Waals surface area contributed by atoms with Crippen molar-refractivity contribution in [2.75, 3.05) is 18.5 Å². The first-order chi connectivity index (χ1) is 13.4. The molecule has 5 heteroatoms. The first-order valence-corrected chi connectivity index (χ1v) is 9.73. The smallest absolute Gasteiger partial charge is 0.265 e. The molecule has 28 heavy (non-hydrogen) atoms. The zero-order valence-electron chi connectivity index (χ0n) is 17.4. The van der Waals surface area contributed by atoms with Crippen LogP contribution in [0.1, 0.15) is 63.1 Å². The van der Waals surface area contributed by atoms with Crippen LogP contribution in [0.15, 0.2) is 47.6 Å². The number of ether oxygens (including phenoxy) is 1. The summed E-state index contributed by atoms with van der Waals surface area (Å²) >= 11 is 0. The molecule has 0 atom stereocenters. The Morgan fingerprint density at radius 2 is 1.64 bits per heavy atom. The minimum atomic E-state index is -0.223. The fourth-order valence-electron chi connectivity index (χ4n) is 2.88. The molecule has 2 rings (SSSR count). The number of nitrogens with zero attached hydrogens (tertiary/aromatic N) is 1. The molecule has 0 fully saturated rings. The molecular weight excluding hydrogens is 352 g/mol. The number of benzene rings is 2. The number of carbonyl (C=O) groups is 1. The maximum absolute atomic E-state index is 12.4. The van der Waals surface area contributed by atoms with Crippen LogP contribution in [0.2, 0.25) is 0 Å². The van der Waals surface area contributed by atoms with Crippen LogP contribution in [0.4, 0.5) is 5.69 Å². The van der Waals surface area contributed by atoms with Crippen molar-refractivity contribution < 1.29 is 14.4 Å². The highest BCUT2D eigenvalue weighted by Crippen LogP contribution is 2.32. The summed E-state index contributed by atoms with van der Waals surface area (Å²) in [4.78, 5) is 17.5. The molecule has 0 saturated heterocycles. The van der Waals surface area contributed by atoms with Crippen LogP contribution < -0.4 is 10.1 Å².